The summed E-state index contributed by atoms with van der Waals surface area (Å²) in [7, 11) is 0. The Balaban J connectivity index is 2.40. The lowest BCUT2D eigenvalue weighted by molar-refractivity contribution is 0.103. The molecular weight excluding hydrogens is 229 g/mol. The Morgan fingerprint density at radius 2 is 1.88 bits per heavy atom. The summed E-state index contributed by atoms with van der Waals surface area (Å²) in [5.41, 5.74) is 0.348. The van der Waals surface area contributed by atoms with Gasteiger partial charge in [0.05, 0.1) is 5.56 Å². The van der Waals surface area contributed by atoms with Gasteiger partial charge in [-0.1, -0.05) is 11.6 Å². The van der Waals surface area contributed by atoms with Crippen LogP contribution in [0.25, 0.3) is 0 Å². The van der Waals surface area contributed by atoms with Crippen LogP contribution in [0.4, 0.5) is 4.39 Å². The second kappa shape index (κ2) is 4.41. The van der Waals surface area contributed by atoms with Crippen LogP contribution in [0.3, 0.4) is 0 Å². The molecule has 0 aliphatic rings. The van der Waals surface area contributed by atoms with E-state index < -0.39 is 11.7 Å². The van der Waals surface area contributed by atoms with E-state index in [-0.39, 0.29) is 5.56 Å². The average Bonchev–Trinajstić information content (AvgIpc) is 2.30. The fourth-order valence-corrected chi connectivity index (χ4v) is 1.44. The molecule has 2 aromatic rings. The number of pyridine rings is 1. The topological polar surface area (TPSA) is 30.0 Å². The molecule has 0 amide bonds. The Kier molecular flexibility index (Phi) is 2.97. The van der Waals surface area contributed by atoms with E-state index in [4.69, 9.17) is 11.6 Å². The van der Waals surface area contributed by atoms with E-state index in [1.807, 2.05) is 0 Å². The predicted molar refractivity (Wildman–Crippen MR) is 59.1 cm³/mol. The van der Waals surface area contributed by atoms with E-state index in [2.05, 4.69) is 4.98 Å². The SMILES string of the molecule is O=C(c1ccc(Cl)cc1)c1cccnc1F. The molecule has 0 radical (unpaired) electrons. The van der Waals surface area contributed by atoms with Crippen molar-refractivity contribution in [1.29, 1.82) is 0 Å². The van der Waals surface area contributed by atoms with Crippen LogP contribution in [0.15, 0.2) is 42.6 Å². The quantitative estimate of drug-likeness (QED) is 0.591. The lowest BCUT2D eigenvalue weighted by Crippen LogP contribution is -2.05. The number of carbonyl (C=O) groups excluding carboxylic acids is 1. The van der Waals surface area contributed by atoms with E-state index in [1.165, 1.54) is 18.3 Å². The second-order valence-electron chi connectivity index (χ2n) is 3.18. The van der Waals surface area contributed by atoms with Crippen molar-refractivity contribution in [3.63, 3.8) is 0 Å². The van der Waals surface area contributed by atoms with Gasteiger partial charge in [-0.15, -0.1) is 0 Å². The maximum atomic E-state index is 13.2. The molecule has 0 atom stereocenters. The van der Waals surface area contributed by atoms with Crippen LogP contribution in [0.1, 0.15) is 15.9 Å². The van der Waals surface area contributed by atoms with Crippen LogP contribution in [0.5, 0.6) is 0 Å². The van der Waals surface area contributed by atoms with Gasteiger partial charge < -0.3 is 0 Å². The monoisotopic (exact) mass is 235 g/mol. The lowest BCUT2D eigenvalue weighted by atomic mass is 10.1. The number of carbonyl (C=O) groups is 1. The second-order valence-corrected chi connectivity index (χ2v) is 3.61. The molecule has 1 aromatic heterocycles. The Hall–Kier alpha value is -1.74. The van der Waals surface area contributed by atoms with Gasteiger partial charge in [0, 0.05) is 16.8 Å². The summed E-state index contributed by atoms with van der Waals surface area (Å²) in [6.45, 7) is 0. The van der Waals surface area contributed by atoms with Crippen molar-refractivity contribution in [3.8, 4) is 0 Å². The molecule has 0 bridgehead atoms. The van der Waals surface area contributed by atoms with Crippen LogP contribution in [0, 0.1) is 5.95 Å². The molecule has 2 rings (SSSR count). The van der Waals surface area contributed by atoms with Crippen LogP contribution in [0.2, 0.25) is 5.02 Å². The van der Waals surface area contributed by atoms with Gasteiger partial charge in [-0.3, -0.25) is 4.79 Å². The maximum absolute atomic E-state index is 13.2. The fraction of sp³-hybridized carbons (Fsp3) is 0. The number of halogens is 2. The molecule has 1 aromatic carbocycles. The van der Waals surface area contributed by atoms with Gasteiger partial charge in [-0.25, -0.2) is 4.98 Å². The highest BCUT2D eigenvalue weighted by Crippen LogP contribution is 2.14. The van der Waals surface area contributed by atoms with Gasteiger partial charge in [0.15, 0.2) is 5.78 Å². The zero-order chi connectivity index (χ0) is 11.5. The summed E-state index contributed by atoms with van der Waals surface area (Å²) < 4.78 is 13.2. The van der Waals surface area contributed by atoms with Crippen molar-refractivity contribution in [2.75, 3.05) is 0 Å². The van der Waals surface area contributed by atoms with E-state index in [0.29, 0.717) is 10.6 Å². The number of ketones is 1. The van der Waals surface area contributed by atoms with Crippen molar-refractivity contribution in [2.45, 2.75) is 0 Å². The van der Waals surface area contributed by atoms with Crippen LogP contribution >= 0.6 is 11.6 Å². The fourth-order valence-electron chi connectivity index (χ4n) is 1.31. The average molecular weight is 236 g/mol. The van der Waals surface area contributed by atoms with Gasteiger partial charge in [-0.05, 0) is 36.4 Å². The van der Waals surface area contributed by atoms with Crippen molar-refractivity contribution in [3.05, 3.63) is 64.7 Å². The van der Waals surface area contributed by atoms with Crippen LogP contribution < -0.4 is 0 Å². The molecule has 16 heavy (non-hydrogen) atoms. The number of hydrogen-bond acceptors (Lipinski definition) is 2. The largest absolute Gasteiger partial charge is 0.288 e. The highest BCUT2D eigenvalue weighted by molar-refractivity contribution is 6.30. The third kappa shape index (κ3) is 2.09. The van der Waals surface area contributed by atoms with E-state index >= 15 is 0 Å². The first-order valence-corrected chi connectivity index (χ1v) is 4.97. The van der Waals surface area contributed by atoms with Crippen molar-refractivity contribution in [2.24, 2.45) is 0 Å². The molecule has 1 heterocycles. The highest BCUT2D eigenvalue weighted by atomic mass is 35.5. The number of nitrogens with zero attached hydrogens (tertiary/aromatic N) is 1. The summed E-state index contributed by atoms with van der Waals surface area (Å²) in [6.07, 6.45) is 1.30. The molecule has 0 saturated heterocycles. The van der Waals surface area contributed by atoms with E-state index in [9.17, 15) is 9.18 Å². The molecule has 0 aliphatic heterocycles. The molecular formula is C12H7ClFNO. The van der Waals surface area contributed by atoms with E-state index in [0.717, 1.165) is 0 Å². The van der Waals surface area contributed by atoms with Crippen LogP contribution in [-0.2, 0) is 0 Å². The zero-order valence-electron chi connectivity index (χ0n) is 8.15. The summed E-state index contributed by atoms with van der Waals surface area (Å²) in [6, 6.07) is 9.20. The highest BCUT2D eigenvalue weighted by Gasteiger charge is 2.13. The molecule has 0 saturated carbocycles. The first-order valence-electron chi connectivity index (χ1n) is 4.59. The summed E-state index contributed by atoms with van der Waals surface area (Å²) in [5, 5.41) is 0.531. The third-order valence-corrected chi connectivity index (χ3v) is 2.36. The van der Waals surface area contributed by atoms with Gasteiger partial charge in [-0.2, -0.15) is 4.39 Å². The number of rotatable bonds is 2. The predicted octanol–water partition coefficient (Wildman–Crippen LogP) is 3.11. The summed E-state index contributed by atoms with van der Waals surface area (Å²) in [5.74, 6) is -1.16. The minimum Gasteiger partial charge on any atom is -0.288 e. The first-order chi connectivity index (χ1) is 7.68. The molecule has 80 valence electrons. The van der Waals surface area contributed by atoms with Gasteiger partial charge in [0.25, 0.3) is 0 Å². The first kappa shape index (κ1) is 10.8. The standard InChI is InChI=1S/C12H7ClFNO/c13-9-5-3-8(4-6-9)11(16)10-2-1-7-15-12(10)14/h1-7H. The zero-order valence-corrected chi connectivity index (χ0v) is 8.91. The van der Waals surface area contributed by atoms with Gasteiger partial charge in [0.1, 0.15) is 0 Å². The summed E-state index contributed by atoms with van der Waals surface area (Å²) >= 11 is 5.70. The molecule has 0 spiro atoms. The van der Waals surface area contributed by atoms with Crippen molar-refractivity contribution in [1.82, 2.24) is 4.98 Å². The van der Waals surface area contributed by atoms with Crippen molar-refractivity contribution >= 4 is 17.4 Å². The molecule has 2 nitrogen and oxygen atoms in total. The Bertz CT molecular complexity index is 525. The Morgan fingerprint density at radius 3 is 2.50 bits per heavy atom. The Morgan fingerprint density at radius 1 is 1.19 bits per heavy atom. The lowest BCUT2D eigenvalue weighted by Gasteiger charge is -2.01. The molecule has 4 heteroatoms. The third-order valence-electron chi connectivity index (χ3n) is 2.11. The molecule has 0 N–H and O–H groups in total. The summed E-state index contributed by atoms with van der Waals surface area (Å²) in [4.78, 5) is 15.3. The number of benzene rings is 1. The Labute approximate surface area is 96.7 Å². The minimum atomic E-state index is -0.762. The smallest absolute Gasteiger partial charge is 0.224 e. The van der Waals surface area contributed by atoms with Gasteiger partial charge in [0.2, 0.25) is 5.95 Å². The molecule has 0 unspecified atom stereocenters. The number of hydrogen-bond donors (Lipinski definition) is 0. The molecule has 0 aliphatic carbocycles. The van der Waals surface area contributed by atoms with Crippen molar-refractivity contribution < 1.29 is 9.18 Å². The minimum absolute atomic E-state index is 0.0372. The number of aromatic nitrogens is 1. The molecule has 0 fully saturated rings. The maximum Gasteiger partial charge on any atom is 0.224 e. The van der Waals surface area contributed by atoms with Gasteiger partial charge >= 0.3 is 0 Å². The normalized spacial score (nSPS) is 10.1. The van der Waals surface area contributed by atoms with E-state index in [1.54, 1.807) is 24.3 Å². The van der Waals surface area contributed by atoms with Crippen LogP contribution in [-0.4, -0.2) is 10.8 Å².